The van der Waals surface area contributed by atoms with Gasteiger partial charge in [0.05, 0.1) is 17.5 Å². The molecule has 0 saturated carbocycles. The number of hydrogen-bond donors (Lipinski definition) is 0. The fraction of sp³-hybridized carbons (Fsp3) is 0.556. The molecular formula is C18H22N2O5S2. The van der Waals surface area contributed by atoms with Crippen LogP contribution in [-0.4, -0.2) is 55.5 Å². The topological polar surface area (TPSA) is 85.3 Å². The van der Waals surface area contributed by atoms with E-state index in [2.05, 4.69) is 4.99 Å². The second-order valence-corrected chi connectivity index (χ2v) is 10.7. The fourth-order valence-corrected chi connectivity index (χ4v) is 7.48. The summed E-state index contributed by atoms with van der Waals surface area (Å²) in [4.78, 5) is 18.5. The minimum Gasteiger partial charge on any atom is -0.486 e. The van der Waals surface area contributed by atoms with Gasteiger partial charge < -0.3 is 14.4 Å². The van der Waals surface area contributed by atoms with Gasteiger partial charge in [0, 0.05) is 23.4 Å². The first-order chi connectivity index (χ1) is 12.8. The van der Waals surface area contributed by atoms with E-state index >= 15 is 0 Å². The number of amides is 1. The highest BCUT2D eigenvalue weighted by atomic mass is 32.2. The molecule has 0 spiro atoms. The number of carbonyl (C=O) groups excluding carboxylic acids is 1. The summed E-state index contributed by atoms with van der Waals surface area (Å²) in [6.07, 6.45) is 0.368. The van der Waals surface area contributed by atoms with E-state index < -0.39 is 9.84 Å². The first-order valence-corrected chi connectivity index (χ1v) is 11.7. The number of hydrogen-bond acceptors (Lipinski definition) is 6. The van der Waals surface area contributed by atoms with Crippen molar-refractivity contribution in [2.45, 2.75) is 31.6 Å². The molecule has 2 atom stereocenters. The van der Waals surface area contributed by atoms with Gasteiger partial charge in [-0.2, -0.15) is 4.99 Å². The third-order valence-electron chi connectivity index (χ3n) is 4.67. The maximum absolute atomic E-state index is 12.3. The molecule has 3 aliphatic heterocycles. The number of carbonyl (C=O) groups is 1. The zero-order valence-corrected chi connectivity index (χ0v) is 16.9. The maximum Gasteiger partial charge on any atom is 0.248 e. The number of aliphatic imine (C=N–C) groups is 1. The Kier molecular flexibility index (Phi) is 4.84. The molecule has 1 aromatic carbocycles. The molecule has 0 aromatic heterocycles. The standard InChI is InChI=1S/C18H22N2O5S2/c1-11(2)7-17(21)19-18-20(13-9-27(22,23)10-16(13)26-18)12-3-4-14-15(8-12)25-6-5-24-14/h3-4,8,11,13,16H,5-7,9-10H2,1-2H3/t13-,16+/m1/s1. The van der Waals surface area contributed by atoms with Crippen LogP contribution < -0.4 is 14.4 Å². The number of nitrogens with zero attached hydrogens (tertiary/aromatic N) is 2. The Bertz CT molecular complexity index is 897. The molecule has 2 saturated heterocycles. The van der Waals surface area contributed by atoms with Gasteiger partial charge >= 0.3 is 0 Å². The largest absolute Gasteiger partial charge is 0.486 e. The second kappa shape index (κ2) is 7.01. The predicted octanol–water partition coefficient (Wildman–Crippen LogP) is 2.11. The highest BCUT2D eigenvalue weighted by molar-refractivity contribution is 8.16. The van der Waals surface area contributed by atoms with Crippen LogP contribution in [0.15, 0.2) is 23.2 Å². The summed E-state index contributed by atoms with van der Waals surface area (Å²) in [6.45, 7) is 4.92. The van der Waals surface area contributed by atoms with Crippen molar-refractivity contribution in [2.24, 2.45) is 10.9 Å². The Labute approximate surface area is 163 Å². The van der Waals surface area contributed by atoms with Crippen LogP contribution in [0.4, 0.5) is 5.69 Å². The maximum atomic E-state index is 12.3. The molecule has 0 N–H and O–H groups in total. The van der Waals surface area contributed by atoms with Crippen molar-refractivity contribution in [3.8, 4) is 11.5 Å². The zero-order valence-electron chi connectivity index (χ0n) is 15.3. The molecule has 0 unspecified atom stereocenters. The lowest BCUT2D eigenvalue weighted by Crippen LogP contribution is -2.37. The molecule has 3 heterocycles. The molecule has 7 nitrogen and oxygen atoms in total. The minimum atomic E-state index is -3.09. The van der Waals surface area contributed by atoms with Crippen molar-refractivity contribution in [1.82, 2.24) is 0 Å². The van der Waals surface area contributed by atoms with Crippen LogP contribution in [0.25, 0.3) is 0 Å². The molecule has 1 aromatic rings. The van der Waals surface area contributed by atoms with Crippen LogP contribution in [0.2, 0.25) is 0 Å². The first kappa shape index (κ1) is 18.6. The van der Waals surface area contributed by atoms with Gasteiger partial charge in [0.2, 0.25) is 5.91 Å². The molecule has 3 aliphatic rings. The molecule has 0 aliphatic carbocycles. The molecule has 27 heavy (non-hydrogen) atoms. The third-order valence-corrected chi connectivity index (χ3v) is 7.88. The van der Waals surface area contributed by atoms with Gasteiger partial charge in [-0.3, -0.25) is 4.79 Å². The van der Waals surface area contributed by atoms with E-state index in [0.29, 0.717) is 36.3 Å². The summed E-state index contributed by atoms with van der Waals surface area (Å²) >= 11 is 1.38. The van der Waals surface area contributed by atoms with Crippen molar-refractivity contribution in [3.05, 3.63) is 18.2 Å². The van der Waals surface area contributed by atoms with Gasteiger partial charge in [0.25, 0.3) is 0 Å². The number of rotatable bonds is 3. The van der Waals surface area contributed by atoms with Gasteiger partial charge in [0.15, 0.2) is 26.5 Å². The number of ether oxygens (including phenoxy) is 2. The number of benzene rings is 1. The number of sulfone groups is 1. The number of anilines is 1. The quantitative estimate of drug-likeness (QED) is 0.754. The molecule has 146 valence electrons. The van der Waals surface area contributed by atoms with Crippen molar-refractivity contribution >= 4 is 38.4 Å². The summed E-state index contributed by atoms with van der Waals surface area (Å²) < 4.78 is 35.5. The Morgan fingerprint density at radius 1 is 1.26 bits per heavy atom. The fourth-order valence-electron chi connectivity index (χ4n) is 3.55. The van der Waals surface area contributed by atoms with Crippen LogP contribution in [-0.2, 0) is 14.6 Å². The highest BCUT2D eigenvalue weighted by Crippen LogP contribution is 2.43. The van der Waals surface area contributed by atoms with Crippen molar-refractivity contribution in [2.75, 3.05) is 29.6 Å². The Morgan fingerprint density at radius 2 is 2.00 bits per heavy atom. The predicted molar refractivity (Wildman–Crippen MR) is 106 cm³/mol. The summed E-state index contributed by atoms with van der Waals surface area (Å²) in [6, 6.07) is 5.29. The van der Waals surface area contributed by atoms with E-state index in [1.807, 2.05) is 36.9 Å². The van der Waals surface area contributed by atoms with Gasteiger partial charge in [-0.15, -0.1) is 0 Å². The van der Waals surface area contributed by atoms with E-state index in [1.165, 1.54) is 11.8 Å². The zero-order chi connectivity index (χ0) is 19.2. The highest BCUT2D eigenvalue weighted by Gasteiger charge is 2.49. The second-order valence-electron chi connectivity index (χ2n) is 7.38. The minimum absolute atomic E-state index is 0.0660. The lowest BCUT2D eigenvalue weighted by Gasteiger charge is -2.26. The van der Waals surface area contributed by atoms with Gasteiger partial charge in [-0.1, -0.05) is 25.6 Å². The van der Waals surface area contributed by atoms with Crippen LogP contribution in [0.5, 0.6) is 11.5 Å². The smallest absolute Gasteiger partial charge is 0.248 e. The van der Waals surface area contributed by atoms with E-state index in [0.717, 1.165) is 5.69 Å². The lowest BCUT2D eigenvalue weighted by atomic mass is 10.1. The van der Waals surface area contributed by atoms with E-state index in [1.54, 1.807) is 0 Å². The van der Waals surface area contributed by atoms with Crippen LogP contribution in [0.3, 0.4) is 0 Å². The Balaban J connectivity index is 1.70. The molecule has 0 radical (unpaired) electrons. The number of fused-ring (bicyclic) bond motifs is 2. The van der Waals surface area contributed by atoms with Gasteiger partial charge in [-0.05, 0) is 18.1 Å². The number of amidine groups is 1. The summed E-state index contributed by atoms with van der Waals surface area (Å²) in [5.41, 5.74) is 0.771. The summed E-state index contributed by atoms with van der Waals surface area (Å²) in [5, 5.41) is 0.455. The van der Waals surface area contributed by atoms with Crippen molar-refractivity contribution < 1.29 is 22.7 Å². The Hall–Kier alpha value is -1.74. The van der Waals surface area contributed by atoms with E-state index in [9.17, 15) is 13.2 Å². The molecule has 9 heteroatoms. The van der Waals surface area contributed by atoms with Crippen molar-refractivity contribution in [3.63, 3.8) is 0 Å². The first-order valence-electron chi connectivity index (χ1n) is 9.00. The summed E-state index contributed by atoms with van der Waals surface area (Å²) in [7, 11) is -3.09. The van der Waals surface area contributed by atoms with E-state index in [-0.39, 0.29) is 34.6 Å². The third kappa shape index (κ3) is 3.80. The van der Waals surface area contributed by atoms with Gasteiger partial charge in [-0.25, -0.2) is 8.42 Å². The average Bonchev–Trinajstić information content (AvgIpc) is 3.04. The van der Waals surface area contributed by atoms with Crippen LogP contribution in [0.1, 0.15) is 20.3 Å². The lowest BCUT2D eigenvalue weighted by molar-refractivity contribution is -0.118. The van der Waals surface area contributed by atoms with Crippen LogP contribution >= 0.6 is 11.8 Å². The SMILES string of the molecule is CC(C)CC(=O)N=C1S[C@H]2CS(=O)(=O)C[C@H]2N1c1ccc2c(c1)OCCO2. The molecule has 0 bridgehead atoms. The van der Waals surface area contributed by atoms with Gasteiger partial charge in [0.1, 0.15) is 13.2 Å². The average molecular weight is 411 g/mol. The number of thioether (sulfide) groups is 1. The summed E-state index contributed by atoms with van der Waals surface area (Å²) in [5.74, 6) is 1.51. The molecule has 1 amide bonds. The Morgan fingerprint density at radius 3 is 2.74 bits per heavy atom. The van der Waals surface area contributed by atoms with Crippen molar-refractivity contribution in [1.29, 1.82) is 0 Å². The van der Waals surface area contributed by atoms with E-state index in [4.69, 9.17) is 9.47 Å². The monoisotopic (exact) mass is 410 g/mol. The molecule has 4 rings (SSSR count). The molecular weight excluding hydrogens is 388 g/mol. The normalized spacial score (nSPS) is 27.2. The molecule has 2 fully saturated rings. The van der Waals surface area contributed by atoms with Crippen LogP contribution in [0, 0.1) is 5.92 Å².